The zero-order chi connectivity index (χ0) is 28.5. The SMILES string of the molecule is Cc1ccccc1S(=O)(=O)N1CCN(c2ccc(NC(=O)c3oc(N4CCCCC4)nc3C(F)(F)F)cn2)CC1. The van der Waals surface area contributed by atoms with Gasteiger partial charge in [0, 0.05) is 39.3 Å². The number of rotatable bonds is 6. The fraction of sp³-hybridized carbons (Fsp3) is 0.423. The predicted octanol–water partition coefficient (Wildman–Crippen LogP) is 4.15. The van der Waals surface area contributed by atoms with Crippen LogP contribution in [0.5, 0.6) is 0 Å². The minimum atomic E-state index is -4.86. The summed E-state index contributed by atoms with van der Waals surface area (Å²) in [6.45, 7) is 4.11. The van der Waals surface area contributed by atoms with Gasteiger partial charge in [-0.25, -0.2) is 13.4 Å². The number of piperazine rings is 1. The van der Waals surface area contributed by atoms with E-state index < -0.39 is 33.6 Å². The second-order valence-corrected chi connectivity index (χ2v) is 11.6. The lowest BCUT2D eigenvalue weighted by atomic mass is 10.1. The van der Waals surface area contributed by atoms with Gasteiger partial charge in [0.25, 0.3) is 11.9 Å². The lowest BCUT2D eigenvalue weighted by Gasteiger charge is -2.34. The fourth-order valence-electron chi connectivity index (χ4n) is 4.85. The van der Waals surface area contributed by atoms with Gasteiger partial charge in [0.2, 0.25) is 15.8 Å². The average molecular weight is 579 g/mol. The first-order chi connectivity index (χ1) is 19.0. The molecule has 2 fully saturated rings. The largest absolute Gasteiger partial charge is 0.437 e. The molecule has 214 valence electrons. The quantitative estimate of drug-likeness (QED) is 0.465. The molecule has 4 heterocycles. The van der Waals surface area contributed by atoms with Crippen LogP contribution < -0.4 is 15.1 Å². The first-order valence-corrected chi connectivity index (χ1v) is 14.4. The normalized spacial score (nSPS) is 17.2. The van der Waals surface area contributed by atoms with Gasteiger partial charge in [-0.05, 0) is 49.9 Å². The first-order valence-electron chi connectivity index (χ1n) is 12.9. The Morgan fingerprint density at radius 1 is 0.950 bits per heavy atom. The van der Waals surface area contributed by atoms with E-state index in [9.17, 15) is 26.4 Å². The topological polar surface area (TPSA) is 112 Å². The van der Waals surface area contributed by atoms with E-state index in [4.69, 9.17) is 4.42 Å². The monoisotopic (exact) mass is 578 g/mol. The molecule has 0 spiro atoms. The van der Waals surface area contributed by atoms with Crippen molar-refractivity contribution >= 4 is 33.5 Å². The lowest BCUT2D eigenvalue weighted by Crippen LogP contribution is -2.49. The van der Waals surface area contributed by atoms with Crippen molar-refractivity contribution in [2.45, 2.75) is 37.3 Å². The summed E-state index contributed by atoms with van der Waals surface area (Å²) in [5.41, 5.74) is -0.508. The molecule has 1 N–H and O–H groups in total. The number of piperidine rings is 1. The predicted molar refractivity (Wildman–Crippen MR) is 142 cm³/mol. The molecule has 1 aromatic carbocycles. The molecular formula is C26H29F3N6O4S. The number of amides is 1. The van der Waals surface area contributed by atoms with Gasteiger partial charge in [-0.15, -0.1) is 0 Å². The maximum Gasteiger partial charge on any atom is 0.437 e. The van der Waals surface area contributed by atoms with Gasteiger partial charge >= 0.3 is 6.18 Å². The molecule has 0 radical (unpaired) electrons. The highest BCUT2D eigenvalue weighted by Gasteiger charge is 2.42. The van der Waals surface area contributed by atoms with Crippen molar-refractivity contribution in [1.82, 2.24) is 14.3 Å². The van der Waals surface area contributed by atoms with Crippen LogP contribution in [0.25, 0.3) is 0 Å². The average Bonchev–Trinajstić information content (AvgIpc) is 3.41. The Morgan fingerprint density at radius 3 is 2.27 bits per heavy atom. The summed E-state index contributed by atoms with van der Waals surface area (Å²) in [6, 6.07) is 9.76. The Hall–Kier alpha value is -3.65. The van der Waals surface area contributed by atoms with Crippen LogP contribution in [0.15, 0.2) is 51.9 Å². The number of hydrogen-bond acceptors (Lipinski definition) is 8. The molecule has 2 aliphatic heterocycles. The van der Waals surface area contributed by atoms with E-state index in [1.165, 1.54) is 16.6 Å². The van der Waals surface area contributed by atoms with Gasteiger partial charge in [-0.1, -0.05) is 18.2 Å². The summed E-state index contributed by atoms with van der Waals surface area (Å²) >= 11 is 0. The number of hydrogen-bond donors (Lipinski definition) is 1. The van der Waals surface area contributed by atoms with Gasteiger partial charge in [0.05, 0.1) is 16.8 Å². The molecule has 5 rings (SSSR count). The number of benzene rings is 1. The van der Waals surface area contributed by atoms with Crippen molar-refractivity contribution in [3.05, 3.63) is 59.6 Å². The Kier molecular flexibility index (Phi) is 7.73. The maximum absolute atomic E-state index is 13.6. The van der Waals surface area contributed by atoms with Gasteiger partial charge in [-0.2, -0.15) is 22.5 Å². The van der Waals surface area contributed by atoms with Crippen molar-refractivity contribution in [3.8, 4) is 0 Å². The van der Waals surface area contributed by atoms with E-state index >= 15 is 0 Å². The third-order valence-corrected chi connectivity index (χ3v) is 9.06. The summed E-state index contributed by atoms with van der Waals surface area (Å²) in [5.74, 6) is -1.43. The van der Waals surface area contributed by atoms with Gasteiger partial charge in [0.15, 0.2) is 5.69 Å². The minimum absolute atomic E-state index is 0.179. The molecule has 2 saturated heterocycles. The molecule has 14 heteroatoms. The van der Waals surface area contributed by atoms with Crippen LogP contribution in [0.4, 0.5) is 30.7 Å². The Labute approximate surface area is 229 Å². The summed E-state index contributed by atoms with van der Waals surface area (Å²) in [5, 5.41) is 2.41. The van der Waals surface area contributed by atoms with E-state index in [2.05, 4.69) is 15.3 Å². The Balaban J connectivity index is 1.24. The summed E-state index contributed by atoms with van der Waals surface area (Å²) in [6.07, 6.45) is -0.941. The molecule has 2 aliphatic rings. The van der Waals surface area contributed by atoms with Crippen LogP contribution in [-0.2, 0) is 16.2 Å². The van der Waals surface area contributed by atoms with Crippen LogP contribution in [0.1, 0.15) is 41.1 Å². The number of carbonyl (C=O) groups excluding carboxylic acids is 1. The highest BCUT2D eigenvalue weighted by molar-refractivity contribution is 7.89. The number of halogens is 3. The number of alkyl halides is 3. The van der Waals surface area contributed by atoms with E-state index in [0.717, 1.165) is 19.3 Å². The molecule has 0 aliphatic carbocycles. The Bertz CT molecular complexity index is 1460. The molecule has 0 saturated carbocycles. The van der Waals surface area contributed by atoms with Crippen molar-refractivity contribution in [2.75, 3.05) is 54.4 Å². The number of anilines is 3. The third-order valence-electron chi connectivity index (χ3n) is 7.00. The molecule has 0 atom stereocenters. The lowest BCUT2D eigenvalue weighted by molar-refractivity contribution is -0.141. The molecule has 0 bridgehead atoms. The van der Waals surface area contributed by atoms with Crippen molar-refractivity contribution in [3.63, 3.8) is 0 Å². The first kappa shape index (κ1) is 27.9. The number of nitrogens with zero attached hydrogens (tertiary/aromatic N) is 5. The second kappa shape index (κ2) is 11.1. The number of nitrogens with one attached hydrogen (secondary N) is 1. The highest BCUT2D eigenvalue weighted by Crippen LogP contribution is 2.35. The number of aromatic nitrogens is 2. The van der Waals surface area contributed by atoms with E-state index in [1.54, 1.807) is 42.2 Å². The van der Waals surface area contributed by atoms with Gasteiger partial charge < -0.3 is 19.5 Å². The van der Waals surface area contributed by atoms with Crippen LogP contribution in [0, 0.1) is 6.92 Å². The van der Waals surface area contributed by atoms with Crippen LogP contribution in [0.3, 0.4) is 0 Å². The van der Waals surface area contributed by atoms with E-state index in [0.29, 0.717) is 37.6 Å². The second-order valence-electron chi connectivity index (χ2n) is 9.74. The molecule has 0 unspecified atom stereocenters. The van der Waals surface area contributed by atoms with Gasteiger partial charge in [-0.3, -0.25) is 4.79 Å². The van der Waals surface area contributed by atoms with E-state index in [-0.39, 0.29) is 29.7 Å². The van der Waals surface area contributed by atoms with Crippen LogP contribution >= 0.6 is 0 Å². The number of carbonyl (C=O) groups is 1. The Morgan fingerprint density at radius 2 is 1.65 bits per heavy atom. The highest BCUT2D eigenvalue weighted by atomic mass is 32.2. The van der Waals surface area contributed by atoms with Crippen molar-refractivity contribution in [2.24, 2.45) is 0 Å². The zero-order valence-electron chi connectivity index (χ0n) is 21.8. The molecule has 40 heavy (non-hydrogen) atoms. The van der Waals surface area contributed by atoms with Gasteiger partial charge in [0.1, 0.15) is 5.82 Å². The molecule has 1 amide bonds. The molecule has 3 aromatic rings. The number of aryl methyl sites for hydroxylation is 1. The molecular weight excluding hydrogens is 549 g/mol. The number of sulfonamides is 1. The maximum atomic E-state index is 13.6. The van der Waals surface area contributed by atoms with Crippen molar-refractivity contribution in [1.29, 1.82) is 0 Å². The number of pyridine rings is 1. The molecule has 2 aromatic heterocycles. The van der Waals surface area contributed by atoms with Crippen LogP contribution in [0.2, 0.25) is 0 Å². The summed E-state index contributed by atoms with van der Waals surface area (Å²) in [7, 11) is -3.62. The van der Waals surface area contributed by atoms with Crippen molar-refractivity contribution < 1.29 is 30.8 Å². The third kappa shape index (κ3) is 5.77. The number of oxazole rings is 1. The van der Waals surface area contributed by atoms with Crippen LogP contribution in [-0.4, -0.2) is 67.9 Å². The zero-order valence-corrected chi connectivity index (χ0v) is 22.6. The summed E-state index contributed by atoms with van der Waals surface area (Å²) < 4.78 is 73.7. The molecule has 10 nitrogen and oxygen atoms in total. The standard InChI is InChI=1S/C26H29F3N6O4S/c1-18-7-3-4-8-20(18)40(37,38)35-15-13-33(14-16-35)21-10-9-19(17-30-21)31-24(36)22-23(26(27,28)29)32-25(39-22)34-11-5-2-6-12-34/h3-4,7-10,17H,2,5-6,11-16H2,1H3,(H,31,36). The summed E-state index contributed by atoms with van der Waals surface area (Å²) in [4.78, 5) is 24.5. The minimum Gasteiger partial charge on any atom is -0.417 e. The smallest absolute Gasteiger partial charge is 0.417 e. The fourth-order valence-corrected chi connectivity index (χ4v) is 6.50. The van der Waals surface area contributed by atoms with E-state index in [1.807, 2.05) is 4.90 Å².